The average molecular weight is 263 g/mol. The van der Waals surface area contributed by atoms with Crippen LogP contribution in [0.1, 0.15) is 53.4 Å². The van der Waals surface area contributed by atoms with Crippen LogP contribution in [0, 0.1) is 45.2 Å². The molecule has 0 aliphatic heterocycles. The number of hydrogen-bond acceptors (Lipinski definition) is 2. The molecule has 0 amide bonds. The number of fused-ring (bicyclic) bond motifs is 1. The fourth-order valence-electron chi connectivity index (χ4n) is 5.89. The van der Waals surface area contributed by atoms with E-state index < -0.39 is 0 Å². The third-order valence-corrected chi connectivity index (χ3v) is 7.62. The maximum atomic E-state index is 9.03. The van der Waals surface area contributed by atoms with Crippen molar-refractivity contribution in [1.29, 1.82) is 5.26 Å². The Balaban J connectivity index is 1.92. The Hall–Kier alpha value is -0.160. The van der Waals surface area contributed by atoms with Crippen LogP contribution in [0.3, 0.4) is 0 Å². The largest absolute Gasteiger partial charge is 0.185 e. The molecule has 18 heavy (non-hydrogen) atoms. The Morgan fingerprint density at radius 3 is 2.50 bits per heavy atom. The third-order valence-electron chi connectivity index (χ3n) is 6.47. The number of rotatable bonds is 2. The molecular weight excluding hydrogens is 238 g/mol. The highest BCUT2D eigenvalue weighted by Gasteiger charge is 2.64. The summed E-state index contributed by atoms with van der Waals surface area (Å²) in [5.41, 5.74) is 1.01. The summed E-state index contributed by atoms with van der Waals surface area (Å²) < 4.78 is 0. The van der Waals surface area contributed by atoms with Crippen LogP contribution in [0.15, 0.2) is 0 Å². The lowest BCUT2D eigenvalue weighted by Crippen LogP contribution is -2.52. The monoisotopic (exact) mass is 263 g/mol. The second-order valence-corrected chi connectivity index (χ2v) is 8.99. The summed E-state index contributed by atoms with van der Waals surface area (Å²) in [7, 11) is 0. The Morgan fingerprint density at radius 1 is 1.22 bits per heavy atom. The van der Waals surface area contributed by atoms with Gasteiger partial charge in [-0.25, -0.2) is 0 Å². The lowest BCUT2D eigenvalue weighted by Gasteiger charge is -2.58. The molecule has 0 saturated heterocycles. The third kappa shape index (κ3) is 1.59. The minimum absolute atomic E-state index is 0.429. The second-order valence-electron chi connectivity index (χ2n) is 8.00. The lowest BCUT2D eigenvalue weighted by atomic mass is 9.50. The van der Waals surface area contributed by atoms with Crippen molar-refractivity contribution in [2.24, 2.45) is 34.5 Å². The highest BCUT2D eigenvalue weighted by molar-refractivity contribution is 8.04. The summed E-state index contributed by atoms with van der Waals surface area (Å²) in [5, 5.41) is 12.0. The van der Waals surface area contributed by atoms with Crippen molar-refractivity contribution in [2.45, 2.75) is 58.6 Å². The van der Waals surface area contributed by atoms with Gasteiger partial charge in [0, 0.05) is 5.25 Å². The van der Waals surface area contributed by atoms with Crippen LogP contribution in [0.4, 0.5) is 0 Å². The maximum absolute atomic E-state index is 9.03. The van der Waals surface area contributed by atoms with Gasteiger partial charge >= 0.3 is 0 Å². The quantitative estimate of drug-likeness (QED) is 0.675. The molecule has 2 heteroatoms. The molecule has 100 valence electrons. The van der Waals surface area contributed by atoms with E-state index in [1.165, 1.54) is 25.7 Å². The van der Waals surface area contributed by atoms with Gasteiger partial charge in [0.15, 0.2) is 0 Å². The molecule has 0 unspecified atom stereocenters. The normalized spacial score (nSPS) is 53.8. The van der Waals surface area contributed by atoms with Gasteiger partial charge in [0.25, 0.3) is 0 Å². The highest BCUT2D eigenvalue weighted by Crippen LogP contribution is 2.71. The number of thioether (sulfide) groups is 1. The molecular formula is C16H25NS. The van der Waals surface area contributed by atoms with Crippen LogP contribution in [-0.4, -0.2) is 5.25 Å². The van der Waals surface area contributed by atoms with E-state index in [-0.39, 0.29) is 0 Å². The molecule has 0 aromatic heterocycles. The Kier molecular flexibility index (Phi) is 2.80. The average Bonchev–Trinajstić information content (AvgIpc) is 2.47. The highest BCUT2D eigenvalue weighted by atomic mass is 32.2. The zero-order valence-corrected chi connectivity index (χ0v) is 12.9. The van der Waals surface area contributed by atoms with Crippen molar-refractivity contribution < 1.29 is 0 Å². The molecule has 1 nitrogen and oxygen atoms in total. The van der Waals surface area contributed by atoms with Crippen LogP contribution >= 0.6 is 11.8 Å². The zero-order chi connectivity index (χ0) is 13.1. The summed E-state index contributed by atoms with van der Waals surface area (Å²) in [6, 6.07) is 0. The van der Waals surface area contributed by atoms with Gasteiger partial charge in [-0.15, -0.1) is 0 Å². The van der Waals surface area contributed by atoms with Crippen LogP contribution in [0.5, 0.6) is 0 Å². The van der Waals surface area contributed by atoms with Crippen LogP contribution in [-0.2, 0) is 0 Å². The second kappa shape index (κ2) is 3.92. The van der Waals surface area contributed by atoms with Crippen molar-refractivity contribution in [1.82, 2.24) is 0 Å². The van der Waals surface area contributed by atoms with Crippen LogP contribution in [0.25, 0.3) is 0 Å². The molecule has 0 N–H and O–H groups in total. The minimum Gasteiger partial charge on any atom is -0.185 e. The molecule has 0 aromatic carbocycles. The minimum atomic E-state index is 0.429. The van der Waals surface area contributed by atoms with Crippen molar-refractivity contribution in [3.8, 4) is 5.40 Å². The van der Waals surface area contributed by atoms with Gasteiger partial charge in [-0.2, -0.15) is 5.26 Å². The summed E-state index contributed by atoms with van der Waals surface area (Å²) >= 11 is 1.56. The first-order chi connectivity index (χ1) is 8.39. The molecule has 4 bridgehead atoms. The van der Waals surface area contributed by atoms with Gasteiger partial charge in [0.2, 0.25) is 0 Å². The van der Waals surface area contributed by atoms with Gasteiger partial charge in [-0.1, -0.05) is 27.7 Å². The van der Waals surface area contributed by atoms with Crippen LogP contribution < -0.4 is 0 Å². The summed E-state index contributed by atoms with van der Waals surface area (Å²) in [6.45, 7) is 9.82. The van der Waals surface area contributed by atoms with Crippen LogP contribution in [0.2, 0.25) is 0 Å². The SMILES string of the molecule is CC(C)[C@@H]1C[C@]2(C)C[C@]3(C)C[C@H]1[C@@H]2C[C@@H]3SC#N. The number of hydrogen-bond donors (Lipinski definition) is 0. The van der Waals surface area contributed by atoms with Gasteiger partial charge in [0.1, 0.15) is 5.40 Å². The molecule has 0 heterocycles. The molecule has 4 aliphatic carbocycles. The first-order valence-corrected chi connectivity index (χ1v) is 8.32. The molecule has 4 rings (SSSR count). The number of nitrogens with zero attached hydrogens (tertiary/aromatic N) is 1. The maximum Gasteiger partial charge on any atom is 0.133 e. The Labute approximate surface area is 116 Å². The van der Waals surface area contributed by atoms with E-state index >= 15 is 0 Å². The fraction of sp³-hybridized carbons (Fsp3) is 0.938. The molecule has 6 atom stereocenters. The van der Waals surface area contributed by atoms with Crippen molar-refractivity contribution in [3.63, 3.8) is 0 Å². The van der Waals surface area contributed by atoms with Crippen molar-refractivity contribution >= 4 is 11.8 Å². The fourth-order valence-corrected chi connectivity index (χ4v) is 6.79. The first kappa shape index (κ1) is 12.9. The van der Waals surface area contributed by atoms with Crippen molar-refractivity contribution in [2.75, 3.05) is 0 Å². The molecule has 4 aliphatic rings. The standard InChI is InChI=1S/C16H25NS/c1-10(2)11-6-15(3)8-16(4)7-12(11)13(15)5-14(16)18-9-17/h10-14H,5-8H2,1-4H3/t11-,12+,13-,14-,15+,16-/m0/s1. The molecule has 4 fully saturated rings. The summed E-state index contributed by atoms with van der Waals surface area (Å²) in [4.78, 5) is 0. The number of thiocyanates is 1. The summed E-state index contributed by atoms with van der Waals surface area (Å²) in [6.07, 6.45) is 5.50. The zero-order valence-electron chi connectivity index (χ0n) is 12.1. The van der Waals surface area contributed by atoms with Crippen molar-refractivity contribution in [3.05, 3.63) is 0 Å². The Morgan fingerprint density at radius 2 is 1.94 bits per heavy atom. The predicted octanol–water partition coefficient (Wildman–Crippen LogP) is 4.69. The number of nitriles is 1. The summed E-state index contributed by atoms with van der Waals surface area (Å²) in [5.74, 6) is 3.62. The smallest absolute Gasteiger partial charge is 0.133 e. The van der Waals surface area contributed by atoms with Gasteiger partial charge in [0.05, 0.1) is 0 Å². The van der Waals surface area contributed by atoms with Gasteiger partial charge in [-0.3, -0.25) is 0 Å². The predicted molar refractivity (Wildman–Crippen MR) is 77.0 cm³/mol. The lowest BCUT2D eigenvalue weighted by molar-refractivity contribution is -0.0379. The molecule has 4 saturated carbocycles. The molecule has 0 spiro atoms. The molecule has 0 radical (unpaired) electrons. The Bertz CT molecular complexity index is 398. The van der Waals surface area contributed by atoms with E-state index in [4.69, 9.17) is 5.26 Å². The molecule has 0 aromatic rings. The van der Waals surface area contributed by atoms with Gasteiger partial charge in [-0.05, 0) is 71.9 Å². The first-order valence-electron chi connectivity index (χ1n) is 7.44. The van der Waals surface area contributed by atoms with E-state index in [1.54, 1.807) is 11.8 Å². The van der Waals surface area contributed by atoms with E-state index in [2.05, 4.69) is 33.1 Å². The van der Waals surface area contributed by atoms with E-state index in [0.717, 1.165) is 23.7 Å². The van der Waals surface area contributed by atoms with E-state index in [9.17, 15) is 0 Å². The topological polar surface area (TPSA) is 23.8 Å². The van der Waals surface area contributed by atoms with E-state index in [1.807, 2.05) is 0 Å². The van der Waals surface area contributed by atoms with Gasteiger partial charge < -0.3 is 0 Å². The van der Waals surface area contributed by atoms with E-state index in [0.29, 0.717) is 16.1 Å².